The van der Waals surface area contributed by atoms with Crippen LogP contribution in [0.2, 0.25) is 0 Å². The van der Waals surface area contributed by atoms with Crippen LogP contribution in [0.3, 0.4) is 0 Å². The largest absolute Gasteiger partial charge is 0.397 e. The van der Waals surface area contributed by atoms with E-state index in [1.54, 1.807) is 0 Å². The fourth-order valence-corrected chi connectivity index (χ4v) is 2.78. The second-order valence-electron chi connectivity index (χ2n) is 4.35. The van der Waals surface area contributed by atoms with E-state index >= 15 is 0 Å². The SMILES string of the molecule is O=CCOC1C(COS(=O)(=O)O)OC(O)C(NS(=O)(=O)O)C1O. The highest BCUT2D eigenvalue weighted by Gasteiger charge is 2.47. The Morgan fingerprint density at radius 2 is 1.78 bits per heavy atom. The van der Waals surface area contributed by atoms with Gasteiger partial charge in [0.25, 0.3) is 0 Å². The second-order valence-corrected chi connectivity index (χ2v) is 6.63. The van der Waals surface area contributed by atoms with Crippen LogP contribution in [-0.4, -0.2) is 86.3 Å². The first-order valence-corrected chi connectivity index (χ1v) is 8.68. The van der Waals surface area contributed by atoms with Gasteiger partial charge in [0.15, 0.2) is 6.29 Å². The molecule has 1 aliphatic heterocycles. The molecule has 13 nitrogen and oxygen atoms in total. The topological polar surface area (TPSA) is 206 Å². The number of carbonyl (C=O) groups excluding carboxylic acids is 1. The highest BCUT2D eigenvalue weighted by atomic mass is 32.3. The van der Waals surface area contributed by atoms with Gasteiger partial charge in [0.1, 0.15) is 37.2 Å². The van der Waals surface area contributed by atoms with E-state index in [0.717, 1.165) is 0 Å². The lowest BCUT2D eigenvalue weighted by molar-refractivity contribution is -0.258. The average Bonchev–Trinajstić information content (AvgIpc) is 2.38. The van der Waals surface area contributed by atoms with Crippen molar-refractivity contribution in [1.29, 1.82) is 0 Å². The first kappa shape index (κ1) is 20.3. The van der Waals surface area contributed by atoms with Gasteiger partial charge in [-0.25, -0.2) is 4.18 Å². The average molecular weight is 381 g/mol. The predicted octanol–water partition coefficient (Wildman–Crippen LogP) is -3.77. The van der Waals surface area contributed by atoms with Crippen LogP contribution in [-0.2, 0) is 39.2 Å². The number of hydrogen-bond donors (Lipinski definition) is 5. The van der Waals surface area contributed by atoms with Crippen LogP contribution in [0.1, 0.15) is 0 Å². The minimum atomic E-state index is -4.86. The molecule has 1 saturated heterocycles. The highest BCUT2D eigenvalue weighted by molar-refractivity contribution is 7.83. The first-order valence-electron chi connectivity index (χ1n) is 5.88. The molecular formula is C8H15NO12S2. The van der Waals surface area contributed by atoms with Gasteiger partial charge in [0.2, 0.25) is 0 Å². The Bertz CT molecular complexity index is 601. The minimum Gasteiger partial charge on any atom is -0.388 e. The Balaban J connectivity index is 2.93. The Morgan fingerprint density at radius 1 is 1.17 bits per heavy atom. The standard InChI is InChI=1S/C8H15NO12S2/c10-1-2-19-7-4(3-20-23(16,17)18)21-8(12)5(6(7)11)9-22(13,14)15/h1,4-9,11-12H,2-3H2,(H,13,14,15)(H,16,17,18). The van der Waals surface area contributed by atoms with Gasteiger partial charge < -0.3 is 24.5 Å². The van der Waals surface area contributed by atoms with Crippen molar-refractivity contribution in [2.24, 2.45) is 0 Å². The van der Waals surface area contributed by atoms with E-state index in [1.165, 1.54) is 4.72 Å². The lowest BCUT2D eigenvalue weighted by Crippen LogP contribution is -2.64. The third-order valence-corrected chi connectivity index (χ3v) is 3.72. The molecule has 5 N–H and O–H groups in total. The Hall–Kier alpha value is -0.750. The molecule has 0 aromatic heterocycles. The zero-order chi connectivity index (χ0) is 17.8. The number of rotatable bonds is 8. The van der Waals surface area contributed by atoms with Crippen molar-refractivity contribution in [3.05, 3.63) is 0 Å². The molecule has 136 valence electrons. The maximum absolute atomic E-state index is 10.8. The third kappa shape index (κ3) is 6.71. The van der Waals surface area contributed by atoms with Crippen LogP contribution in [0.5, 0.6) is 0 Å². The third-order valence-electron chi connectivity index (χ3n) is 2.72. The van der Waals surface area contributed by atoms with Gasteiger partial charge in [0, 0.05) is 0 Å². The van der Waals surface area contributed by atoms with Crippen molar-refractivity contribution in [2.75, 3.05) is 13.2 Å². The van der Waals surface area contributed by atoms with Crippen molar-refractivity contribution in [1.82, 2.24) is 4.72 Å². The molecule has 0 spiro atoms. The molecule has 1 aliphatic rings. The van der Waals surface area contributed by atoms with Crippen LogP contribution in [0, 0.1) is 0 Å². The molecule has 0 aromatic carbocycles. The number of ether oxygens (including phenoxy) is 2. The first-order chi connectivity index (χ1) is 10.4. The normalized spacial score (nSPS) is 32.6. The van der Waals surface area contributed by atoms with Crippen LogP contribution in [0.4, 0.5) is 0 Å². The zero-order valence-electron chi connectivity index (χ0n) is 11.2. The summed E-state index contributed by atoms with van der Waals surface area (Å²) in [5.74, 6) is 0. The maximum Gasteiger partial charge on any atom is 0.397 e. The molecule has 1 heterocycles. The molecular weight excluding hydrogens is 366 g/mol. The summed E-state index contributed by atoms with van der Waals surface area (Å²) in [5, 5.41) is 19.6. The van der Waals surface area contributed by atoms with Crippen LogP contribution in [0.25, 0.3) is 0 Å². The van der Waals surface area contributed by atoms with Crippen molar-refractivity contribution in [3.63, 3.8) is 0 Å². The van der Waals surface area contributed by atoms with E-state index in [0.29, 0.717) is 0 Å². The smallest absolute Gasteiger partial charge is 0.388 e. The molecule has 0 aliphatic carbocycles. The van der Waals surface area contributed by atoms with Gasteiger partial charge in [-0.3, -0.25) is 9.11 Å². The van der Waals surface area contributed by atoms with E-state index in [2.05, 4.69) is 4.18 Å². The summed E-state index contributed by atoms with van der Waals surface area (Å²) in [7, 11) is -9.69. The van der Waals surface area contributed by atoms with E-state index in [1.807, 2.05) is 0 Å². The fraction of sp³-hybridized carbons (Fsp3) is 0.875. The molecule has 1 fully saturated rings. The predicted molar refractivity (Wildman–Crippen MR) is 68.7 cm³/mol. The molecule has 1 rings (SSSR count). The minimum absolute atomic E-state index is 0.281. The monoisotopic (exact) mass is 381 g/mol. The van der Waals surface area contributed by atoms with E-state index in [4.69, 9.17) is 18.6 Å². The number of aliphatic hydroxyl groups is 2. The number of aldehydes is 1. The summed E-state index contributed by atoms with van der Waals surface area (Å²) in [6.07, 6.45) is -6.59. The van der Waals surface area contributed by atoms with Gasteiger partial charge in [-0.1, -0.05) is 0 Å². The molecule has 0 radical (unpaired) electrons. The van der Waals surface area contributed by atoms with Crippen molar-refractivity contribution >= 4 is 27.0 Å². The summed E-state index contributed by atoms with van der Waals surface area (Å²) in [6, 6.07) is -1.77. The fourth-order valence-electron chi connectivity index (χ4n) is 1.88. The Kier molecular flexibility index (Phi) is 6.95. The quantitative estimate of drug-likeness (QED) is 0.203. The van der Waals surface area contributed by atoms with Crippen LogP contribution < -0.4 is 4.72 Å². The van der Waals surface area contributed by atoms with Crippen LogP contribution >= 0.6 is 0 Å². The van der Waals surface area contributed by atoms with Crippen molar-refractivity contribution < 1.29 is 54.6 Å². The highest BCUT2D eigenvalue weighted by Crippen LogP contribution is 2.23. The van der Waals surface area contributed by atoms with E-state index in [-0.39, 0.29) is 6.29 Å². The van der Waals surface area contributed by atoms with Gasteiger partial charge in [0.05, 0.1) is 6.61 Å². The summed E-state index contributed by atoms with van der Waals surface area (Å²) < 4.78 is 75.1. The number of carbonyl (C=O) groups is 1. The second kappa shape index (κ2) is 7.88. The van der Waals surface area contributed by atoms with Gasteiger partial charge in [-0.15, -0.1) is 0 Å². The molecule has 0 saturated carbocycles. The lowest BCUT2D eigenvalue weighted by Gasteiger charge is -2.41. The molecule has 5 unspecified atom stereocenters. The summed E-state index contributed by atoms with van der Waals surface area (Å²) >= 11 is 0. The van der Waals surface area contributed by atoms with Gasteiger partial charge in [-0.05, 0) is 0 Å². The summed E-state index contributed by atoms with van der Waals surface area (Å²) in [4.78, 5) is 10.3. The molecule has 0 amide bonds. The number of hydrogen-bond acceptors (Lipinski definition) is 10. The maximum atomic E-state index is 10.8. The lowest BCUT2D eigenvalue weighted by atomic mass is 9.97. The van der Waals surface area contributed by atoms with Gasteiger partial charge in [-0.2, -0.15) is 21.6 Å². The van der Waals surface area contributed by atoms with Crippen LogP contribution in [0.15, 0.2) is 0 Å². The van der Waals surface area contributed by atoms with E-state index in [9.17, 15) is 31.8 Å². The molecule has 0 aromatic rings. The number of nitrogens with one attached hydrogen (secondary N) is 1. The molecule has 5 atom stereocenters. The summed E-state index contributed by atoms with van der Waals surface area (Å²) in [6.45, 7) is -1.49. The molecule has 15 heteroatoms. The molecule has 0 bridgehead atoms. The molecule has 23 heavy (non-hydrogen) atoms. The Morgan fingerprint density at radius 3 is 2.26 bits per heavy atom. The van der Waals surface area contributed by atoms with E-state index < -0.39 is 64.6 Å². The Labute approximate surface area is 131 Å². The zero-order valence-corrected chi connectivity index (χ0v) is 12.9. The van der Waals surface area contributed by atoms with Crippen molar-refractivity contribution in [2.45, 2.75) is 30.6 Å². The summed E-state index contributed by atoms with van der Waals surface area (Å²) in [5.41, 5.74) is 0. The van der Waals surface area contributed by atoms with Crippen molar-refractivity contribution in [3.8, 4) is 0 Å². The number of aliphatic hydroxyl groups excluding tert-OH is 2. The van der Waals surface area contributed by atoms with Gasteiger partial charge >= 0.3 is 20.7 Å².